The van der Waals surface area contributed by atoms with Crippen LogP contribution < -0.4 is 15.4 Å². The van der Waals surface area contributed by atoms with E-state index in [1.807, 2.05) is 42.5 Å². The third-order valence-electron chi connectivity index (χ3n) is 4.85. The molecule has 33 heavy (non-hydrogen) atoms. The lowest BCUT2D eigenvalue weighted by Gasteiger charge is -2.12. The highest BCUT2D eigenvalue weighted by Gasteiger charge is 2.33. The lowest BCUT2D eigenvalue weighted by Crippen LogP contribution is -2.30. The monoisotopic (exact) mass is 505 g/mol. The van der Waals surface area contributed by atoms with Gasteiger partial charge >= 0.3 is 6.03 Å². The van der Waals surface area contributed by atoms with Crippen molar-refractivity contribution in [2.24, 2.45) is 0 Å². The highest BCUT2D eigenvalue weighted by Crippen LogP contribution is 2.24. The molecular weight excluding hydrogens is 486 g/mol. The minimum atomic E-state index is -0.491. The van der Waals surface area contributed by atoms with Crippen molar-refractivity contribution >= 4 is 45.5 Å². The highest BCUT2D eigenvalue weighted by atomic mass is 79.9. The lowest BCUT2D eigenvalue weighted by molar-refractivity contribution is -0.123. The van der Waals surface area contributed by atoms with E-state index >= 15 is 0 Å². The molecule has 1 aliphatic rings. The molecule has 0 spiro atoms. The van der Waals surface area contributed by atoms with Crippen LogP contribution in [0.15, 0.2) is 89.0 Å². The van der Waals surface area contributed by atoms with Gasteiger partial charge in [0, 0.05) is 15.7 Å². The van der Waals surface area contributed by atoms with Gasteiger partial charge in [0.2, 0.25) is 0 Å². The van der Waals surface area contributed by atoms with E-state index in [1.165, 1.54) is 0 Å². The molecule has 7 nitrogen and oxygen atoms in total. The molecule has 8 heteroatoms. The van der Waals surface area contributed by atoms with Gasteiger partial charge in [-0.15, -0.1) is 0 Å². The average molecular weight is 506 g/mol. The average Bonchev–Trinajstić information content (AvgIpc) is 3.08. The predicted octanol–water partition coefficient (Wildman–Crippen LogP) is 4.56. The van der Waals surface area contributed by atoms with E-state index in [-0.39, 0.29) is 24.8 Å². The number of rotatable bonds is 7. The summed E-state index contributed by atoms with van der Waals surface area (Å²) in [6.07, 6.45) is 1.55. The number of hydrogen-bond acceptors (Lipinski definition) is 4. The maximum atomic E-state index is 12.8. The number of imide groups is 1. The Bertz CT molecular complexity index is 1210. The molecule has 1 saturated heterocycles. The molecule has 4 amide bonds. The third-order valence-corrected chi connectivity index (χ3v) is 5.38. The van der Waals surface area contributed by atoms with Gasteiger partial charge in [-0.2, -0.15) is 0 Å². The van der Waals surface area contributed by atoms with Crippen LogP contribution in [0.5, 0.6) is 5.75 Å². The molecule has 2 N–H and O–H groups in total. The van der Waals surface area contributed by atoms with Gasteiger partial charge in [0.25, 0.3) is 11.8 Å². The van der Waals surface area contributed by atoms with Crippen LogP contribution in [0.1, 0.15) is 11.1 Å². The Balaban J connectivity index is 1.44. The zero-order valence-electron chi connectivity index (χ0n) is 17.5. The van der Waals surface area contributed by atoms with E-state index in [0.717, 1.165) is 14.9 Å². The maximum absolute atomic E-state index is 12.8. The van der Waals surface area contributed by atoms with Crippen LogP contribution in [0.3, 0.4) is 0 Å². The second-order valence-corrected chi connectivity index (χ2v) is 8.16. The first-order chi connectivity index (χ1) is 16.0. The summed E-state index contributed by atoms with van der Waals surface area (Å²) in [6.45, 7) is -0.0435. The molecule has 1 fully saturated rings. The molecule has 0 saturated carbocycles. The molecule has 0 radical (unpaired) electrons. The Morgan fingerprint density at radius 3 is 2.42 bits per heavy atom. The van der Waals surface area contributed by atoms with Crippen LogP contribution in [0.2, 0.25) is 0 Å². The Labute approximate surface area is 199 Å². The quantitative estimate of drug-likeness (QED) is 0.364. The number of nitrogens with one attached hydrogen (secondary N) is 2. The minimum absolute atomic E-state index is 0.141. The first kappa shape index (κ1) is 22.3. The summed E-state index contributed by atoms with van der Waals surface area (Å²) >= 11 is 3.37. The number of anilines is 1. The molecular formula is C25H20BrN3O4. The van der Waals surface area contributed by atoms with Crippen LogP contribution in [0.4, 0.5) is 10.5 Å². The molecule has 1 heterocycles. The summed E-state index contributed by atoms with van der Waals surface area (Å²) < 4.78 is 6.59. The van der Waals surface area contributed by atoms with Crippen molar-refractivity contribution in [2.45, 2.75) is 6.54 Å². The molecule has 0 unspecified atom stereocenters. The summed E-state index contributed by atoms with van der Waals surface area (Å²) in [5, 5.41) is 5.36. The standard InChI is InChI=1S/C25H20BrN3O4/c26-19-12-10-17(11-13-19)15-29-24(31)21(28-25(29)32)14-18-6-4-5-9-22(18)33-16-23(30)27-20-7-2-1-3-8-20/h1-14H,15-16H2,(H,27,30)(H,28,32)/b21-14+. The Morgan fingerprint density at radius 1 is 0.970 bits per heavy atom. The van der Waals surface area contributed by atoms with Gasteiger partial charge in [0.05, 0.1) is 6.54 Å². The van der Waals surface area contributed by atoms with Crippen molar-refractivity contribution < 1.29 is 19.1 Å². The minimum Gasteiger partial charge on any atom is -0.483 e. The third kappa shape index (κ3) is 5.67. The van der Waals surface area contributed by atoms with E-state index in [1.54, 1.807) is 42.5 Å². The van der Waals surface area contributed by atoms with E-state index in [4.69, 9.17) is 4.74 Å². The van der Waals surface area contributed by atoms with Gasteiger partial charge in [-0.3, -0.25) is 14.5 Å². The van der Waals surface area contributed by atoms with E-state index in [2.05, 4.69) is 26.6 Å². The van der Waals surface area contributed by atoms with E-state index in [9.17, 15) is 14.4 Å². The number of ether oxygens (including phenoxy) is 1. The smallest absolute Gasteiger partial charge is 0.329 e. The van der Waals surface area contributed by atoms with Crippen molar-refractivity contribution in [1.29, 1.82) is 0 Å². The summed E-state index contributed by atoms with van der Waals surface area (Å²) in [5.74, 6) is -0.323. The summed E-state index contributed by atoms with van der Waals surface area (Å²) in [7, 11) is 0. The SMILES string of the molecule is O=C(COc1ccccc1/C=C1/NC(=O)N(Cc2ccc(Br)cc2)C1=O)Nc1ccccc1. The first-order valence-corrected chi connectivity index (χ1v) is 10.9. The van der Waals surface area contributed by atoms with E-state index < -0.39 is 11.9 Å². The second kappa shape index (κ2) is 10.1. The van der Waals surface area contributed by atoms with Crippen molar-refractivity contribution in [1.82, 2.24) is 10.2 Å². The number of halogens is 1. The van der Waals surface area contributed by atoms with Gasteiger partial charge in [0.15, 0.2) is 6.61 Å². The fourth-order valence-electron chi connectivity index (χ4n) is 3.24. The van der Waals surface area contributed by atoms with Crippen LogP contribution in [-0.4, -0.2) is 29.4 Å². The summed E-state index contributed by atoms with van der Waals surface area (Å²) in [6, 6.07) is 23.0. The van der Waals surface area contributed by atoms with E-state index in [0.29, 0.717) is 17.0 Å². The Morgan fingerprint density at radius 2 is 1.67 bits per heavy atom. The molecule has 166 valence electrons. The zero-order chi connectivity index (χ0) is 23.2. The van der Waals surface area contributed by atoms with Crippen molar-refractivity contribution in [3.8, 4) is 5.75 Å². The van der Waals surface area contributed by atoms with Crippen LogP contribution >= 0.6 is 15.9 Å². The number of hydrogen-bond donors (Lipinski definition) is 2. The normalized spacial score (nSPS) is 14.3. The van der Waals surface area contributed by atoms with Gasteiger partial charge in [0.1, 0.15) is 11.4 Å². The van der Waals surface area contributed by atoms with Crippen LogP contribution in [0, 0.1) is 0 Å². The summed E-state index contributed by atoms with van der Waals surface area (Å²) in [4.78, 5) is 38.6. The zero-order valence-corrected chi connectivity index (χ0v) is 19.0. The van der Waals surface area contributed by atoms with Gasteiger partial charge in [-0.1, -0.05) is 64.5 Å². The molecule has 0 atom stereocenters. The Hall–Kier alpha value is -3.91. The van der Waals surface area contributed by atoms with Gasteiger partial charge < -0.3 is 15.4 Å². The number of benzene rings is 3. The molecule has 3 aromatic carbocycles. The number of carbonyl (C=O) groups is 3. The molecule has 0 bridgehead atoms. The fourth-order valence-corrected chi connectivity index (χ4v) is 3.50. The molecule has 1 aliphatic heterocycles. The van der Waals surface area contributed by atoms with Crippen molar-refractivity contribution in [3.05, 3.63) is 100 Å². The number of para-hydroxylation sites is 2. The van der Waals surface area contributed by atoms with Gasteiger partial charge in [-0.05, 0) is 42.0 Å². The molecule has 0 aliphatic carbocycles. The van der Waals surface area contributed by atoms with Crippen molar-refractivity contribution in [3.63, 3.8) is 0 Å². The number of carbonyl (C=O) groups excluding carboxylic acids is 3. The predicted molar refractivity (Wildman–Crippen MR) is 128 cm³/mol. The number of urea groups is 1. The number of amides is 4. The van der Waals surface area contributed by atoms with Crippen molar-refractivity contribution in [2.75, 3.05) is 11.9 Å². The molecule has 4 rings (SSSR count). The first-order valence-electron chi connectivity index (χ1n) is 10.2. The fraction of sp³-hybridized carbons (Fsp3) is 0.0800. The second-order valence-electron chi connectivity index (χ2n) is 7.25. The maximum Gasteiger partial charge on any atom is 0.329 e. The summed E-state index contributed by atoms with van der Waals surface area (Å²) in [5.41, 5.74) is 2.21. The van der Waals surface area contributed by atoms with Crippen LogP contribution in [0.25, 0.3) is 6.08 Å². The molecule has 3 aromatic rings. The van der Waals surface area contributed by atoms with Gasteiger partial charge in [-0.25, -0.2) is 4.79 Å². The molecule has 0 aromatic heterocycles. The van der Waals surface area contributed by atoms with Crippen LogP contribution in [-0.2, 0) is 16.1 Å². The highest BCUT2D eigenvalue weighted by molar-refractivity contribution is 9.10. The number of nitrogens with zero attached hydrogens (tertiary/aromatic N) is 1. The topological polar surface area (TPSA) is 87.7 Å². The Kier molecular flexibility index (Phi) is 6.85. The lowest BCUT2D eigenvalue weighted by atomic mass is 10.1. The largest absolute Gasteiger partial charge is 0.483 e.